The summed E-state index contributed by atoms with van der Waals surface area (Å²) < 4.78 is 6.02. The molecule has 0 aliphatic heterocycles. The predicted octanol–water partition coefficient (Wildman–Crippen LogP) is 1.57. The van der Waals surface area contributed by atoms with Crippen molar-refractivity contribution in [3.8, 4) is 0 Å². The number of carbonyl (C=O) groups is 5. The van der Waals surface area contributed by atoms with Crippen LogP contribution < -0.4 is 5.32 Å². The van der Waals surface area contributed by atoms with Gasteiger partial charge in [-0.15, -0.1) is 6.58 Å². The molecule has 0 amide bonds. The molecule has 8 nitrogen and oxygen atoms in total. The molecule has 4 saturated carbocycles. The number of Topliss-reactive ketones (excluding diaryl/α,β-unsaturated/α-hetero) is 4. The minimum Gasteiger partial charge on any atom is -0.461 e. The van der Waals surface area contributed by atoms with Gasteiger partial charge in [0.2, 0.25) is 11.6 Å². The zero-order valence-corrected chi connectivity index (χ0v) is 20.4. The number of aliphatic hydroxyl groups is 1. The summed E-state index contributed by atoms with van der Waals surface area (Å²) in [5, 5.41) is 14.0. The highest BCUT2D eigenvalue weighted by Gasteiger charge is 2.68. The molecule has 4 rings (SSSR count). The maximum absolute atomic E-state index is 13.4. The Hall–Kier alpha value is -2.19. The molecule has 0 aromatic carbocycles. The maximum Gasteiger partial charge on any atom is 0.320 e. The standard InChI is InChI=1S/C26H35NO7/c1-6-24(4)11-16(34-17(29)12-27-18-19(30)21(32)20(18)31)25(5)13(2)7-9-26(14(3)23(24)33)10-8-15(28)22(25)26/h6,13-14,16,18,22-23,27,33H,1,7-12H2,2-5H3/t13-,14+,16-,22+,23+,24-,25+,26+/m1/s1. The van der Waals surface area contributed by atoms with Crippen molar-refractivity contribution in [3.05, 3.63) is 12.7 Å². The van der Waals surface area contributed by atoms with Crippen LogP contribution in [-0.2, 0) is 28.7 Å². The van der Waals surface area contributed by atoms with E-state index in [-0.39, 0.29) is 29.0 Å². The summed E-state index contributed by atoms with van der Waals surface area (Å²) in [4.78, 5) is 60.6. The van der Waals surface area contributed by atoms with E-state index in [0.29, 0.717) is 19.3 Å². The first-order valence-electron chi connectivity index (χ1n) is 12.2. The molecule has 0 unspecified atom stereocenters. The second kappa shape index (κ2) is 8.19. The molecule has 0 heterocycles. The van der Waals surface area contributed by atoms with Crippen molar-refractivity contribution in [2.24, 2.45) is 34.0 Å². The molecule has 186 valence electrons. The molecule has 0 aromatic heterocycles. The summed E-state index contributed by atoms with van der Waals surface area (Å²) in [6.45, 7) is 11.7. The fourth-order valence-electron chi connectivity index (χ4n) is 7.50. The molecule has 4 aliphatic rings. The number of carbonyl (C=O) groups excluding carboxylic acids is 5. The molecule has 0 saturated heterocycles. The van der Waals surface area contributed by atoms with Gasteiger partial charge in [0.25, 0.3) is 5.78 Å². The number of hydrogen-bond acceptors (Lipinski definition) is 8. The highest BCUT2D eigenvalue weighted by atomic mass is 16.5. The molecule has 8 heteroatoms. The van der Waals surface area contributed by atoms with Crippen molar-refractivity contribution < 1.29 is 33.8 Å². The predicted molar refractivity (Wildman–Crippen MR) is 121 cm³/mol. The van der Waals surface area contributed by atoms with Crippen LogP contribution in [0.5, 0.6) is 0 Å². The van der Waals surface area contributed by atoms with E-state index >= 15 is 0 Å². The smallest absolute Gasteiger partial charge is 0.320 e. The number of rotatable bonds is 5. The van der Waals surface area contributed by atoms with Gasteiger partial charge < -0.3 is 9.84 Å². The average molecular weight is 474 g/mol. The van der Waals surface area contributed by atoms with Crippen LogP contribution in [0.2, 0.25) is 0 Å². The summed E-state index contributed by atoms with van der Waals surface area (Å²) in [5.41, 5.74) is -1.75. The van der Waals surface area contributed by atoms with Gasteiger partial charge >= 0.3 is 5.97 Å². The van der Waals surface area contributed by atoms with Crippen LogP contribution in [0.3, 0.4) is 0 Å². The van der Waals surface area contributed by atoms with Gasteiger partial charge in [0.15, 0.2) is 0 Å². The molecule has 34 heavy (non-hydrogen) atoms. The Morgan fingerprint density at radius 3 is 2.44 bits per heavy atom. The topological polar surface area (TPSA) is 127 Å². The van der Waals surface area contributed by atoms with E-state index in [2.05, 4.69) is 18.8 Å². The lowest BCUT2D eigenvalue weighted by molar-refractivity contribution is -0.206. The van der Waals surface area contributed by atoms with Gasteiger partial charge in [0, 0.05) is 23.2 Å². The van der Waals surface area contributed by atoms with Gasteiger partial charge in [0.05, 0.1) is 12.6 Å². The number of nitrogens with one attached hydrogen (secondary N) is 1. The molecule has 0 spiro atoms. The van der Waals surface area contributed by atoms with Crippen LogP contribution in [0.15, 0.2) is 12.7 Å². The first-order chi connectivity index (χ1) is 15.8. The molecule has 8 atom stereocenters. The molecule has 2 N–H and O–H groups in total. The highest BCUT2D eigenvalue weighted by molar-refractivity contribution is 6.78. The number of ether oxygens (including phenoxy) is 1. The van der Waals surface area contributed by atoms with Crippen LogP contribution >= 0.6 is 0 Å². The Balaban J connectivity index is 1.67. The lowest BCUT2D eigenvalue weighted by atomic mass is 9.44. The monoisotopic (exact) mass is 473 g/mol. The zero-order chi connectivity index (χ0) is 25.2. The second-order valence-electron chi connectivity index (χ2n) is 11.4. The van der Waals surface area contributed by atoms with Gasteiger partial charge in [-0.05, 0) is 42.9 Å². The molecule has 0 aromatic rings. The minimum absolute atomic E-state index is 0.0994. The van der Waals surface area contributed by atoms with Crippen LogP contribution in [0, 0.1) is 34.0 Å². The Labute approximate surface area is 199 Å². The summed E-state index contributed by atoms with van der Waals surface area (Å²) >= 11 is 0. The van der Waals surface area contributed by atoms with Crippen molar-refractivity contribution in [2.75, 3.05) is 6.54 Å². The minimum atomic E-state index is -1.30. The third-order valence-electron chi connectivity index (χ3n) is 10.00. The van der Waals surface area contributed by atoms with E-state index in [0.717, 1.165) is 12.8 Å². The van der Waals surface area contributed by atoms with Gasteiger partial charge in [-0.3, -0.25) is 29.3 Å². The quantitative estimate of drug-likeness (QED) is 0.267. The third kappa shape index (κ3) is 3.28. The van der Waals surface area contributed by atoms with Crippen molar-refractivity contribution in [1.29, 1.82) is 0 Å². The van der Waals surface area contributed by atoms with E-state index in [9.17, 15) is 29.1 Å². The molecule has 4 fully saturated rings. The van der Waals surface area contributed by atoms with Gasteiger partial charge in [-0.25, -0.2) is 0 Å². The fraction of sp³-hybridized carbons (Fsp3) is 0.731. The Kier molecular flexibility index (Phi) is 6.00. The normalized spacial score (nSPS) is 44.7. The molecule has 2 bridgehead atoms. The first-order valence-corrected chi connectivity index (χ1v) is 12.2. The van der Waals surface area contributed by atoms with Crippen molar-refractivity contribution in [1.82, 2.24) is 5.32 Å². The average Bonchev–Trinajstić information content (AvgIpc) is 3.17. The van der Waals surface area contributed by atoms with E-state index < -0.39 is 58.9 Å². The van der Waals surface area contributed by atoms with Crippen LogP contribution in [0.25, 0.3) is 0 Å². The van der Waals surface area contributed by atoms with Crippen molar-refractivity contribution in [2.45, 2.75) is 78.0 Å². The Morgan fingerprint density at radius 1 is 1.18 bits per heavy atom. The molecule has 4 aliphatic carbocycles. The number of esters is 1. The first kappa shape index (κ1) is 24.9. The third-order valence-corrected chi connectivity index (χ3v) is 10.00. The largest absolute Gasteiger partial charge is 0.461 e. The van der Waals surface area contributed by atoms with Gasteiger partial charge in [-0.1, -0.05) is 33.8 Å². The lowest BCUT2D eigenvalue weighted by Crippen LogP contribution is -2.64. The fourth-order valence-corrected chi connectivity index (χ4v) is 7.50. The highest BCUT2D eigenvalue weighted by Crippen LogP contribution is 2.67. The number of hydrogen-bond donors (Lipinski definition) is 2. The lowest BCUT2D eigenvalue weighted by Gasteiger charge is -2.61. The van der Waals surface area contributed by atoms with Gasteiger partial charge in [0.1, 0.15) is 17.9 Å². The summed E-state index contributed by atoms with van der Waals surface area (Å²) in [6, 6.07) is -1.30. The Bertz CT molecular complexity index is 956. The van der Waals surface area contributed by atoms with Crippen molar-refractivity contribution in [3.63, 3.8) is 0 Å². The zero-order valence-electron chi connectivity index (χ0n) is 20.4. The molecular formula is C26H35NO7. The van der Waals surface area contributed by atoms with Crippen molar-refractivity contribution >= 4 is 29.1 Å². The van der Waals surface area contributed by atoms with E-state index in [4.69, 9.17) is 4.74 Å². The van der Waals surface area contributed by atoms with Crippen LogP contribution in [0.1, 0.15) is 59.8 Å². The second-order valence-corrected chi connectivity index (χ2v) is 11.4. The molecular weight excluding hydrogens is 438 g/mol. The number of ketones is 4. The summed E-state index contributed by atoms with van der Waals surface area (Å²) in [5.74, 6) is -3.62. The number of aliphatic hydroxyl groups excluding tert-OH is 1. The van der Waals surface area contributed by atoms with E-state index in [1.165, 1.54) is 0 Å². The van der Waals surface area contributed by atoms with Crippen LogP contribution in [0.4, 0.5) is 0 Å². The van der Waals surface area contributed by atoms with Gasteiger partial charge in [-0.2, -0.15) is 0 Å². The summed E-state index contributed by atoms with van der Waals surface area (Å²) in [6.07, 6.45) is 3.46. The Morgan fingerprint density at radius 2 is 1.82 bits per heavy atom. The van der Waals surface area contributed by atoms with E-state index in [1.54, 1.807) is 6.08 Å². The SMILES string of the molecule is C=C[C@]1(C)C[C@@H](OC(=O)CNC2C(=O)C(=O)C2=O)[C@]2(C)[C@H](C)CC[C@]3(CCC(=O)[C@H]32)[C@@H](C)[C@@H]1O. The van der Waals surface area contributed by atoms with E-state index in [1.807, 2.05) is 20.8 Å². The molecule has 0 radical (unpaired) electrons. The van der Waals surface area contributed by atoms with Crippen LogP contribution in [-0.4, -0.2) is 59.0 Å². The maximum atomic E-state index is 13.4. The summed E-state index contributed by atoms with van der Waals surface area (Å²) in [7, 11) is 0.